The van der Waals surface area contributed by atoms with Gasteiger partial charge < -0.3 is 29.6 Å². The maximum absolute atomic E-state index is 12.8. The summed E-state index contributed by atoms with van der Waals surface area (Å²) in [6.45, 7) is 1.92. The number of hydrogen-bond acceptors (Lipinski definition) is 6. The fourth-order valence-electron chi connectivity index (χ4n) is 3.64. The number of aliphatic hydroxyl groups excluding tert-OH is 2. The topological polar surface area (TPSA) is 112 Å². The van der Waals surface area contributed by atoms with Crippen molar-refractivity contribution in [3.8, 4) is 5.75 Å². The molecule has 0 fully saturated rings. The number of para-hydroxylation sites is 1. The molecule has 0 radical (unpaired) electrons. The predicted octanol–water partition coefficient (Wildman–Crippen LogP) is 2.24. The van der Waals surface area contributed by atoms with Gasteiger partial charge in [0.2, 0.25) is 11.8 Å². The number of furan rings is 1. The molecule has 0 bridgehead atoms. The molecule has 0 saturated heterocycles. The monoisotopic (exact) mass is 554 g/mol. The standard InChI is InChI=1S/C23H27IN2O6/c1-2-21(28)26(13-15-7-10-31-14-15)18-11-16(23(30)25-8-9-27)12-20(22(18)29)32-19-6-4-3-5-17(19)24/h3-7,10,12,14,18,20,22,27,29H,2,8-9,11,13H2,1H3,(H,25,30)/t18-,20+,22+/m1/s1. The van der Waals surface area contributed by atoms with E-state index >= 15 is 0 Å². The first kappa shape index (κ1) is 24.3. The van der Waals surface area contributed by atoms with Gasteiger partial charge in [-0.05, 0) is 46.9 Å². The quantitative estimate of drug-likeness (QED) is 0.410. The van der Waals surface area contributed by atoms with Crippen molar-refractivity contribution in [3.05, 3.63) is 63.6 Å². The van der Waals surface area contributed by atoms with Gasteiger partial charge in [-0.15, -0.1) is 0 Å². The summed E-state index contributed by atoms with van der Waals surface area (Å²) in [6, 6.07) is 8.46. The number of carbonyl (C=O) groups is 2. The van der Waals surface area contributed by atoms with Gasteiger partial charge in [0.15, 0.2) is 0 Å². The molecule has 0 saturated carbocycles. The van der Waals surface area contributed by atoms with Crippen LogP contribution in [0.15, 0.2) is 58.9 Å². The number of nitrogens with zero attached hydrogens (tertiary/aromatic N) is 1. The number of rotatable bonds is 9. The number of amides is 2. The van der Waals surface area contributed by atoms with Gasteiger partial charge in [-0.1, -0.05) is 19.1 Å². The molecule has 2 amide bonds. The first-order chi connectivity index (χ1) is 15.4. The second-order valence-corrected chi connectivity index (χ2v) is 8.62. The second-order valence-electron chi connectivity index (χ2n) is 7.45. The molecule has 0 unspecified atom stereocenters. The van der Waals surface area contributed by atoms with E-state index in [4.69, 9.17) is 14.3 Å². The third-order valence-electron chi connectivity index (χ3n) is 5.27. The van der Waals surface area contributed by atoms with Crippen molar-refractivity contribution in [2.24, 2.45) is 0 Å². The molecule has 32 heavy (non-hydrogen) atoms. The van der Waals surface area contributed by atoms with Gasteiger partial charge in [0.05, 0.1) is 28.7 Å². The molecule has 8 nitrogen and oxygen atoms in total. The van der Waals surface area contributed by atoms with Crippen LogP contribution >= 0.6 is 22.6 Å². The Hall–Kier alpha value is -2.37. The molecule has 3 atom stereocenters. The van der Waals surface area contributed by atoms with E-state index in [9.17, 15) is 14.7 Å². The highest BCUT2D eigenvalue weighted by atomic mass is 127. The lowest BCUT2D eigenvalue weighted by Crippen LogP contribution is -2.54. The van der Waals surface area contributed by atoms with Gasteiger partial charge in [-0.25, -0.2) is 0 Å². The molecule has 0 aliphatic heterocycles. The highest BCUT2D eigenvalue weighted by Gasteiger charge is 2.40. The highest BCUT2D eigenvalue weighted by molar-refractivity contribution is 14.1. The number of hydrogen-bond donors (Lipinski definition) is 3. The van der Waals surface area contributed by atoms with E-state index in [0.717, 1.165) is 9.13 Å². The third kappa shape index (κ3) is 5.90. The Morgan fingerprint density at radius 1 is 1.31 bits per heavy atom. The largest absolute Gasteiger partial charge is 0.482 e. The Morgan fingerprint density at radius 2 is 2.09 bits per heavy atom. The van der Waals surface area contributed by atoms with Gasteiger partial charge in [0.1, 0.15) is 18.0 Å². The van der Waals surface area contributed by atoms with Crippen molar-refractivity contribution in [1.29, 1.82) is 0 Å². The Balaban J connectivity index is 1.93. The minimum Gasteiger partial charge on any atom is -0.482 e. The fourth-order valence-corrected chi connectivity index (χ4v) is 4.15. The van der Waals surface area contributed by atoms with Crippen molar-refractivity contribution in [3.63, 3.8) is 0 Å². The summed E-state index contributed by atoms with van der Waals surface area (Å²) in [6.07, 6.45) is 3.20. The van der Waals surface area contributed by atoms with Gasteiger partial charge >= 0.3 is 0 Å². The minimum absolute atomic E-state index is 0.109. The van der Waals surface area contributed by atoms with Crippen molar-refractivity contribution in [2.45, 2.75) is 44.6 Å². The lowest BCUT2D eigenvalue weighted by atomic mass is 9.87. The molecule has 1 aliphatic rings. The first-order valence-electron chi connectivity index (χ1n) is 10.4. The molecular weight excluding hydrogens is 527 g/mol. The summed E-state index contributed by atoms with van der Waals surface area (Å²) in [4.78, 5) is 27.1. The number of carbonyl (C=O) groups excluding carboxylic acids is 2. The average Bonchev–Trinajstić information content (AvgIpc) is 3.31. The lowest BCUT2D eigenvalue weighted by Gasteiger charge is -2.40. The zero-order chi connectivity index (χ0) is 23.1. The van der Waals surface area contributed by atoms with E-state index in [0.29, 0.717) is 11.3 Å². The van der Waals surface area contributed by atoms with Crippen molar-refractivity contribution in [2.75, 3.05) is 13.2 Å². The molecule has 1 aliphatic carbocycles. The summed E-state index contributed by atoms with van der Waals surface area (Å²) in [7, 11) is 0. The van der Waals surface area contributed by atoms with Crippen LogP contribution < -0.4 is 10.1 Å². The van der Waals surface area contributed by atoms with Crippen LogP contribution in [-0.2, 0) is 16.1 Å². The van der Waals surface area contributed by atoms with Gasteiger partial charge in [-0.3, -0.25) is 9.59 Å². The number of benzene rings is 1. The van der Waals surface area contributed by atoms with E-state index in [2.05, 4.69) is 27.9 Å². The van der Waals surface area contributed by atoms with Crippen molar-refractivity contribution >= 4 is 34.4 Å². The SMILES string of the molecule is CCC(=O)N(Cc1ccoc1)[C@@H]1CC(C(=O)NCCO)=C[C@H](Oc2ccccc2I)[C@H]1O. The van der Waals surface area contributed by atoms with Crippen LogP contribution in [0.5, 0.6) is 5.75 Å². The molecular formula is C23H27IN2O6. The van der Waals surface area contributed by atoms with Gasteiger partial charge in [-0.2, -0.15) is 0 Å². The van der Waals surface area contributed by atoms with E-state index < -0.39 is 18.2 Å². The van der Waals surface area contributed by atoms with Crippen LogP contribution in [0.2, 0.25) is 0 Å². The molecule has 1 aromatic heterocycles. The highest BCUT2D eigenvalue weighted by Crippen LogP contribution is 2.30. The predicted molar refractivity (Wildman–Crippen MR) is 126 cm³/mol. The maximum Gasteiger partial charge on any atom is 0.247 e. The average molecular weight is 554 g/mol. The van der Waals surface area contributed by atoms with Gasteiger partial charge in [0.25, 0.3) is 0 Å². The van der Waals surface area contributed by atoms with Crippen LogP contribution in [-0.4, -0.2) is 58.3 Å². The van der Waals surface area contributed by atoms with Crippen LogP contribution in [0, 0.1) is 3.57 Å². The van der Waals surface area contributed by atoms with Crippen molar-refractivity contribution < 1.29 is 29.0 Å². The van der Waals surface area contributed by atoms with Gasteiger partial charge in [0, 0.05) is 37.1 Å². The number of nitrogens with one attached hydrogen (secondary N) is 1. The lowest BCUT2D eigenvalue weighted by molar-refractivity contribution is -0.139. The van der Waals surface area contributed by atoms with E-state index in [1.807, 2.05) is 18.2 Å². The van der Waals surface area contributed by atoms with E-state index in [1.54, 1.807) is 36.3 Å². The minimum atomic E-state index is -1.05. The molecule has 1 heterocycles. The van der Waals surface area contributed by atoms with Crippen LogP contribution in [0.4, 0.5) is 0 Å². The summed E-state index contributed by atoms with van der Waals surface area (Å²) in [5.41, 5.74) is 1.18. The maximum atomic E-state index is 12.8. The molecule has 3 N–H and O–H groups in total. The number of halogens is 1. The molecule has 3 rings (SSSR count). The zero-order valence-electron chi connectivity index (χ0n) is 17.7. The van der Waals surface area contributed by atoms with E-state index in [-0.39, 0.29) is 44.4 Å². The Labute approximate surface area is 200 Å². The van der Waals surface area contributed by atoms with Crippen LogP contribution in [0.3, 0.4) is 0 Å². The molecule has 2 aromatic rings. The normalized spacial score (nSPS) is 20.4. The van der Waals surface area contributed by atoms with E-state index in [1.165, 1.54) is 6.26 Å². The summed E-state index contributed by atoms with van der Waals surface area (Å²) in [5.74, 6) is 0.0622. The summed E-state index contributed by atoms with van der Waals surface area (Å²) >= 11 is 2.14. The smallest absolute Gasteiger partial charge is 0.247 e. The first-order valence-corrected chi connectivity index (χ1v) is 11.5. The molecule has 172 valence electrons. The number of aliphatic hydroxyl groups is 2. The third-order valence-corrected chi connectivity index (χ3v) is 6.16. The molecule has 9 heteroatoms. The Kier molecular flexibility index (Phi) is 8.71. The molecule has 0 spiro atoms. The zero-order valence-corrected chi connectivity index (χ0v) is 19.9. The summed E-state index contributed by atoms with van der Waals surface area (Å²) in [5, 5.41) is 22.9. The Morgan fingerprint density at radius 3 is 2.75 bits per heavy atom. The summed E-state index contributed by atoms with van der Waals surface area (Å²) < 4.78 is 12.1. The van der Waals surface area contributed by atoms with Crippen LogP contribution in [0.1, 0.15) is 25.3 Å². The fraction of sp³-hybridized carbons (Fsp3) is 0.391. The van der Waals surface area contributed by atoms with Crippen LogP contribution in [0.25, 0.3) is 0 Å². The van der Waals surface area contributed by atoms with Crippen molar-refractivity contribution in [1.82, 2.24) is 10.2 Å². The Bertz CT molecular complexity index is 946. The number of ether oxygens (including phenoxy) is 1. The molecule has 1 aromatic carbocycles. The second kappa shape index (κ2) is 11.5.